The topological polar surface area (TPSA) is 26.3 Å². The molecule has 0 saturated carbocycles. The van der Waals surface area contributed by atoms with Crippen molar-refractivity contribution in [3.63, 3.8) is 0 Å². The zero-order valence-corrected chi connectivity index (χ0v) is 8.73. The Morgan fingerprint density at radius 3 is 2.18 bits per heavy atom. The minimum absolute atomic E-state index is 0.105. The van der Waals surface area contributed by atoms with E-state index >= 15 is 0 Å². The molecule has 0 aliphatic heterocycles. The maximum absolute atomic E-state index is 10.6. The van der Waals surface area contributed by atoms with E-state index in [0.717, 1.165) is 0 Å². The van der Waals surface area contributed by atoms with Crippen LogP contribution >= 0.6 is 0 Å². The van der Waals surface area contributed by atoms with E-state index in [4.69, 9.17) is 4.43 Å². The van der Waals surface area contributed by atoms with Crippen LogP contribution in [0, 0.1) is 0 Å². The third-order valence-electron chi connectivity index (χ3n) is 0.897. The molecule has 3 heteroatoms. The quantitative estimate of drug-likeness (QED) is 0.480. The zero-order chi connectivity index (χ0) is 9.07. The van der Waals surface area contributed by atoms with Crippen molar-refractivity contribution in [2.75, 3.05) is 0 Å². The van der Waals surface area contributed by atoms with Crippen LogP contribution in [0.4, 0.5) is 0 Å². The Bertz CT molecular complexity index is 167. The van der Waals surface area contributed by atoms with E-state index in [1.165, 1.54) is 0 Å². The molecule has 0 radical (unpaired) electrons. The van der Waals surface area contributed by atoms with E-state index in [-0.39, 0.29) is 5.78 Å². The van der Waals surface area contributed by atoms with Gasteiger partial charge in [0.25, 0.3) is 0 Å². The Hall–Kier alpha value is -0.573. The first-order chi connectivity index (χ1) is 4.81. The molecule has 0 atom stereocenters. The smallest absolute Gasteiger partial charge is 0.241 e. The van der Waals surface area contributed by atoms with E-state index in [1.54, 1.807) is 6.92 Å². The average molecular weight is 172 g/mol. The molecule has 0 N–H and O–H groups in total. The van der Waals surface area contributed by atoms with Gasteiger partial charge in [0, 0.05) is 0 Å². The van der Waals surface area contributed by atoms with Gasteiger partial charge in [0.05, 0.1) is 12.2 Å². The summed E-state index contributed by atoms with van der Waals surface area (Å²) in [6, 6.07) is 0. The van der Waals surface area contributed by atoms with Gasteiger partial charge in [-0.2, -0.15) is 0 Å². The van der Waals surface area contributed by atoms with E-state index in [2.05, 4.69) is 26.2 Å². The molecule has 0 unspecified atom stereocenters. The average Bonchev–Trinajstić information content (AvgIpc) is 1.53. The first-order valence-electron chi connectivity index (χ1n) is 3.67. The van der Waals surface area contributed by atoms with Crippen LogP contribution in [0.5, 0.6) is 0 Å². The van der Waals surface area contributed by atoms with Gasteiger partial charge in [0.15, 0.2) is 0 Å². The monoisotopic (exact) mass is 172 g/mol. The van der Waals surface area contributed by atoms with Gasteiger partial charge >= 0.3 is 0 Å². The zero-order valence-electron chi connectivity index (χ0n) is 7.73. The number of ketones is 1. The molecule has 0 spiro atoms. The summed E-state index contributed by atoms with van der Waals surface area (Å²) in [4.78, 5) is 10.6. The molecular weight excluding hydrogens is 156 g/mol. The third-order valence-corrected chi connectivity index (χ3v) is 1.80. The van der Waals surface area contributed by atoms with Gasteiger partial charge in [-0.15, -0.1) is 0 Å². The molecule has 64 valence electrons. The van der Waals surface area contributed by atoms with Gasteiger partial charge in [-0.05, 0) is 26.6 Å². The number of hydrogen-bond acceptors (Lipinski definition) is 2. The number of allylic oxidation sites excluding steroid dienone is 1. The number of Topliss-reactive ketones (excluding diaryl/α,β-unsaturated/α-hetero) is 1. The van der Waals surface area contributed by atoms with E-state index in [1.807, 2.05) is 0 Å². The fourth-order valence-electron chi connectivity index (χ4n) is 0.747. The molecule has 0 bridgehead atoms. The Kier molecular flexibility index (Phi) is 3.52. The second-order valence-corrected chi connectivity index (χ2v) is 8.06. The van der Waals surface area contributed by atoms with Crippen LogP contribution in [0.1, 0.15) is 13.3 Å². The summed E-state index contributed by atoms with van der Waals surface area (Å²) in [6.07, 6.45) is 0.351. The second-order valence-electron chi connectivity index (χ2n) is 3.63. The summed E-state index contributed by atoms with van der Waals surface area (Å²) in [5, 5.41) is 0. The molecule has 0 heterocycles. The number of carbonyl (C=O) groups excluding carboxylic acids is 1. The highest BCUT2D eigenvalue weighted by Gasteiger charge is 2.16. The van der Waals surface area contributed by atoms with Crippen molar-refractivity contribution in [1.29, 1.82) is 0 Å². The Labute approximate surface area is 69.4 Å². The summed E-state index contributed by atoms with van der Waals surface area (Å²) in [5.74, 6) is 0.713. The summed E-state index contributed by atoms with van der Waals surface area (Å²) < 4.78 is 5.47. The van der Waals surface area contributed by atoms with Gasteiger partial charge < -0.3 is 4.43 Å². The van der Waals surface area contributed by atoms with Crippen LogP contribution in [0.15, 0.2) is 12.3 Å². The molecule has 0 fully saturated rings. The van der Waals surface area contributed by atoms with Gasteiger partial charge in [-0.3, -0.25) is 4.79 Å². The SMILES string of the molecule is C=C(CC(C)=O)O[Si](C)(C)C. The largest absolute Gasteiger partial charge is 0.547 e. The lowest BCUT2D eigenvalue weighted by Crippen LogP contribution is -2.25. The molecule has 0 amide bonds. The highest BCUT2D eigenvalue weighted by molar-refractivity contribution is 6.70. The van der Waals surface area contributed by atoms with Crippen molar-refractivity contribution in [2.45, 2.75) is 33.0 Å². The summed E-state index contributed by atoms with van der Waals surface area (Å²) in [7, 11) is -1.54. The van der Waals surface area contributed by atoms with Gasteiger partial charge in [0.1, 0.15) is 5.78 Å². The molecule has 0 aromatic rings. The van der Waals surface area contributed by atoms with Crippen LogP contribution in [0.2, 0.25) is 19.6 Å². The van der Waals surface area contributed by atoms with Crippen molar-refractivity contribution in [2.24, 2.45) is 0 Å². The molecule has 2 nitrogen and oxygen atoms in total. The van der Waals surface area contributed by atoms with E-state index in [0.29, 0.717) is 12.2 Å². The van der Waals surface area contributed by atoms with Crippen molar-refractivity contribution in [3.8, 4) is 0 Å². The molecule has 0 aliphatic carbocycles. The summed E-state index contributed by atoms with van der Waals surface area (Å²) in [5.41, 5.74) is 0. The van der Waals surface area contributed by atoms with Crippen LogP contribution < -0.4 is 0 Å². The van der Waals surface area contributed by atoms with Gasteiger partial charge in [-0.1, -0.05) is 6.58 Å². The number of carbonyl (C=O) groups is 1. The van der Waals surface area contributed by atoms with Gasteiger partial charge in [-0.25, -0.2) is 0 Å². The predicted octanol–water partition coefficient (Wildman–Crippen LogP) is 2.33. The highest BCUT2D eigenvalue weighted by atomic mass is 28.4. The fourth-order valence-corrected chi connectivity index (χ4v) is 1.68. The Morgan fingerprint density at radius 1 is 1.45 bits per heavy atom. The second kappa shape index (κ2) is 3.71. The Morgan fingerprint density at radius 2 is 1.91 bits per heavy atom. The van der Waals surface area contributed by atoms with Crippen molar-refractivity contribution in [1.82, 2.24) is 0 Å². The summed E-state index contributed by atoms with van der Waals surface area (Å²) >= 11 is 0. The molecule has 0 aromatic carbocycles. The molecular formula is C8H16O2Si. The first-order valence-corrected chi connectivity index (χ1v) is 7.08. The van der Waals surface area contributed by atoms with Crippen molar-refractivity contribution >= 4 is 14.1 Å². The third kappa shape index (κ3) is 7.32. The van der Waals surface area contributed by atoms with Crippen molar-refractivity contribution < 1.29 is 9.22 Å². The molecule has 0 aromatic heterocycles. The molecule has 0 rings (SSSR count). The highest BCUT2D eigenvalue weighted by Crippen LogP contribution is 2.11. The van der Waals surface area contributed by atoms with Crippen LogP contribution in [-0.4, -0.2) is 14.1 Å². The van der Waals surface area contributed by atoms with Gasteiger partial charge in [0.2, 0.25) is 8.32 Å². The molecule has 0 aliphatic rings. The van der Waals surface area contributed by atoms with Crippen LogP contribution in [-0.2, 0) is 9.22 Å². The lowest BCUT2D eigenvalue weighted by atomic mass is 10.3. The minimum atomic E-state index is -1.54. The molecule has 0 saturated heterocycles. The normalized spacial score (nSPS) is 10.9. The standard InChI is InChI=1S/C8H16O2Si/c1-7(9)6-8(2)10-11(3,4)5/h2,6H2,1,3-5H3. The van der Waals surface area contributed by atoms with Crippen LogP contribution in [0.3, 0.4) is 0 Å². The number of hydrogen-bond donors (Lipinski definition) is 0. The fraction of sp³-hybridized carbons (Fsp3) is 0.625. The maximum atomic E-state index is 10.6. The lowest BCUT2D eigenvalue weighted by Gasteiger charge is -2.20. The van der Waals surface area contributed by atoms with Crippen LogP contribution in [0.25, 0.3) is 0 Å². The summed E-state index contributed by atoms with van der Waals surface area (Å²) in [6.45, 7) is 11.4. The lowest BCUT2D eigenvalue weighted by molar-refractivity contribution is -0.116. The predicted molar refractivity (Wildman–Crippen MR) is 48.9 cm³/mol. The van der Waals surface area contributed by atoms with E-state index in [9.17, 15) is 4.79 Å². The Balaban J connectivity index is 3.80. The maximum Gasteiger partial charge on any atom is 0.241 e. The number of rotatable bonds is 4. The van der Waals surface area contributed by atoms with Crippen molar-refractivity contribution in [3.05, 3.63) is 12.3 Å². The first kappa shape index (κ1) is 10.4. The van der Waals surface area contributed by atoms with E-state index < -0.39 is 8.32 Å². The minimum Gasteiger partial charge on any atom is -0.547 e. The molecule has 11 heavy (non-hydrogen) atoms.